The van der Waals surface area contributed by atoms with Gasteiger partial charge in [0.25, 0.3) is 0 Å². The van der Waals surface area contributed by atoms with E-state index in [9.17, 15) is 9.59 Å². The van der Waals surface area contributed by atoms with Crippen LogP contribution in [0, 0.1) is 0 Å². The summed E-state index contributed by atoms with van der Waals surface area (Å²) < 4.78 is 0. The number of nitrogens with zero attached hydrogens (tertiary/aromatic N) is 2. The average molecular weight is 229 g/mol. The van der Waals surface area contributed by atoms with Gasteiger partial charge in [-0.15, -0.1) is 0 Å². The highest BCUT2D eigenvalue weighted by molar-refractivity contribution is 5.78. The summed E-state index contributed by atoms with van der Waals surface area (Å²) in [5, 5.41) is 11.7. The van der Waals surface area contributed by atoms with E-state index in [4.69, 9.17) is 5.11 Å². The summed E-state index contributed by atoms with van der Waals surface area (Å²) in [5.41, 5.74) is 0. The SMILES string of the molecule is CN(CCC(=O)O)CC(=O)N1CCNCC1. The number of amides is 1. The Morgan fingerprint density at radius 3 is 2.56 bits per heavy atom. The molecular formula is C10H19N3O3. The van der Waals surface area contributed by atoms with Crippen LogP contribution in [0.25, 0.3) is 0 Å². The molecule has 1 fully saturated rings. The van der Waals surface area contributed by atoms with Crippen molar-refractivity contribution in [3.8, 4) is 0 Å². The first-order valence-electron chi connectivity index (χ1n) is 5.48. The lowest BCUT2D eigenvalue weighted by Gasteiger charge is -2.29. The van der Waals surface area contributed by atoms with Crippen LogP contribution < -0.4 is 5.32 Å². The van der Waals surface area contributed by atoms with Crippen molar-refractivity contribution in [2.24, 2.45) is 0 Å². The van der Waals surface area contributed by atoms with Gasteiger partial charge < -0.3 is 15.3 Å². The largest absolute Gasteiger partial charge is 0.481 e. The normalized spacial score (nSPS) is 16.5. The first-order valence-corrected chi connectivity index (χ1v) is 5.48. The molecule has 16 heavy (non-hydrogen) atoms. The van der Waals surface area contributed by atoms with Crippen molar-refractivity contribution in [2.75, 3.05) is 46.3 Å². The second-order valence-corrected chi connectivity index (χ2v) is 4.01. The number of carboxylic acids is 1. The quantitative estimate of drug-likeness (QED) is 0.621. The van der Waals surface area contributed by atoms with Crippen molar-refractivity contribution in [1.82, 2.24) is 15.1 Å². The number of nitrogens with one attached hydrogen (secondary N) is 1. The fraction of sp³-hybridized carbons (Fsp3) is 0.800. The zero-order chi connectivity index (χ0) is 12.0. The molecule has 1 aliphatic rings. The van der Waals surface area contributed by atoms with Crippen LogP contribution in [0.15, 0.2) is 0 Å². The summed E-state index contributed by atoms with van der Waals surface area (Å²) in [5.74, 6) is -0.754. The maximum atomic E-state index is 11.8. The Labute approximate surface area is 95.2 Å². The van der Waals surface area contributed by atoms with Gasteiger partial charge in [-0.05, 0) is 7.05 Å². The molecule has 6 nitrogen and oxygen atoms in total. The Morgan fingerprint density at radius 1 is 1.38 bits per heavy atom. The summed E-state index contributed by atoms with van der Waals surface area (Å²) in [6.45, 7) is 3.87. The number of carbonyl (C=O) groups is 2. The van der Waals surface area contributed by atoms with Crippen molar-refractivity contribution < 1.29 is 14.7 Å². The second kappa shape index (κ2) is 6.44. The molecule has 0 atom stereocenters. The molecule has 0 aliphatic carbocycles. The summed E-state index contributed by atoms with van der Waals surface area (Å²) >= 11 is 0. The monoisotopic (exact) mass is 229 g/mol. The summed E-state index contributed by atoms with van der Waals surface area (Å²) in [7, 11) is 1.77. The van der Waals surface area contributed by atoms with E-state index in [1.165, 1.54) is 0 Å². The predicted molar refractivity (Wildman–Crippen MR) is 59.2 cm³/mol. The molecular weight excluding hydrogens is 210 g/mol. The Balaban J connectivity index is 2.23. The number of carboxylic acid groups (broad SMARTS) is 1. The van der Waals surface area contributed by atoms with Gasteiger partial charge in [-0.2, -0.15) is 0 Å². The molecule has 0 saturated carbocycles. The van der Waals surface area contributed by atoms with Crippen LogP contribution in [-0.4, -0.2) is 73.1 Å². The van der Waals surface area contributed by atoms with Crippen LogP contribution in [0.3, 0.4) is 0 Å². The molecule has 0 aromatic carbocycles. The van der Waals surface area contributed by atoms with Gasteiger partial charge in [-0.3, -0.25) is 14.5 Å². The van der Waals surface area contributed by atoms with E-state index in [1.54, 1.807) is 11.9 Å². The maximum Gasteiger partial charge on any atom is 0.304 e. The first kappa shape index (κ1) is 12.9. The van der Waals surface area contributed by atoms with Gasteiger partial charge in [0.1, 0.15) is 0 Å². The van der Waals surface area contributed by atoms with Gasteiger partial charge in [-0.1, -0.05) is 0 Å². The van der Waals surface area contributed by atoms with Gasteiger partial charge in [0.2, 0.25) is 5.91 Å². The van der Waals surface area contributed by atoms with Crippen LogP contribution in [0.5, 0.6) is 0 Å². The van der Waals surface area contributed by atoms with Crippen molar-refractivity contribution in [2.45, 2.75) is 6.42 Å². The summed E-state index contributed by atoms with van der Waals surface area (Å²) in [6.07, 6.45) is 0.0747. The van der Waals surface area contributed by atoms with E-state index in [2.05, 4.69) is 5.32 Å². The van der Waals surface area contributed by atoms with Gasteiger partial charge in [0.15, 0.2) is 0 Å². The molecule has 0 spiro atoms. The van der Waals surface area contributed by atoms with E-state index in [1.807, 2.05) is 4.90 Å². The van der Waals surface area contributed by atoms with Gasteiger partial charge in [-0.25, -0.2) is 0 Å². The molecule has 2 N–H and O–H groups in total. The number of hydrogen-bond donors (Lipinski definition) is 2. The lowest BCUT2D eigenvalue weighted by atomic mass is 10.3. The fourth-order valence-electron chi connectivity index (χ4n) is 1.61. The van der Waals surface area contributed by atoms with Crippen LogP contribution in [0.4, 0.5) is 0 Å². The predicted octanol–water partition coefficient (Wildman–Crippen LogP) is -1.18. The first-order chi connectivity index (χ1) is 7.59. The number of rotatable bonds is 5. The molecule has 1 aliphatic heterocycles. The Hall–Kier alpha value is -1.14. The van der Waals surface area contributed by atoms with E-state index in [0.29, 0.717) is 13.1 Å². The zero-order valence-electron chi connectivity index (χ0n) is 9.61. The molecule has 1 amide bonds. The summed E-state index contributed by atoms with van der Waals surface area (Å²) in [4.78, 5) is 25.7. The van der Waals surface area contributed by atoms with Crippen molar-refractivity contribution in [3.63, 3.8) is 0 Å². The number of aliphatic carboxylic acids is 1. The molecule has 0 bridgehead atoms. The highest BCUT2D eigenvalue weighted by Gasteiger charge is 2.17. The molecule has 6 heteroatoms. The van der Waals surface area contributed by atoms with Crippen molar-refractivity contribution in [3.05, 3.63) is 0 Å². The van der Waals surface area contributed by atoms with Crippen LogP contribution in [0.2, 0.25) is 0 Å². The lowest BCUT2D eigenvalue weighted by molar-refractivity contribution is -0.138. The average Bonchev–Trinajstić information content (AvgIpc) is 2.27. The summed E-state index contributed by atoms with van der Waals surface area (Å²) in [6, 6.07) is 0. The molecule has 0 aromatic rings. The fourth-order valence-corrected chi connectivity index (χ4v) is 1.61. The highest BCUT2D eigenvalue weighted by Crippen LogP contribution is 1.96. The smallest absolute Gasteiger partial charge is 0.304 e. The van der Waals surface area contributed by atoms with Crippen LogP contribution in [-0.2, 0) is 9.59 Å². The molecule has 0 unspecified atom stereocenters. The third-order valence-electron chi connectivity index (χ3n) is 2.58. The van der Waals surface area contributed by atoms with E-state index in [-0.39, 0.29) is 12.3 Å². The standard InChI is InChI=1S/C10H19N3O3/c1-12(5-2-10(15)16)8-9(14)13-6-3-11-4-7-13/h11H,2-8H2,1H3,(H,15,16). The molecule has 1 rings (SSSR count). The zero-order valence-corrected chi connectivity index (χ0v) is 9.61. The lowest BCUT2D eigenvalue weighted by Crippen LogP contribution is -2.49. The van der Waals surface area contributed by atoms with E-state index >= 15 is 0 Å². The Bertz CT molecular complexity index is 252. The topological polar surface area (TPSA) is 72.9 Å². The molecule has 92 valence electrons. The third kappa shape index (κ3) is 4.59. The number of piperazine rings is 1. The third-order valence-corrected chi connectivity index (χ3v) is 2.58. The van der Waals surface area contributed by atoms with E-state index in [0.717, 1.165) is 26.2 Å². The maximum absolute atomic E-state index is 11.8. The van der Waals surface area contributed by atoms with Gasteiger partial charge in [0.05, 0.1) is 13.0 Å². The molecule has 1 heterocycles. The minimum atomic E-state index is -0.832. The molecule has 0 aromatic heterocycles. The number of carbonyl (C=O) groups excluding carboxylic acids is 1. The Kier molecular flexibility index (Phi) is 5.21. The minimum absolute atomic E-state index is 0.0747. The van der Waals surface area contributed by atoms with Crippen LogP contribution in [0.1, 0.15) is 6.42 Å². The Morgan fingerprint density at radius 2 is 2.00 bits per heavy atom. The van der Waals surface area contributed by atoms with Gasteiger partial charge >= 0.3 is 5.97 Å². The number of hydrogen-bond acceptors (Lipinski definition) is 4. The minimum Gasteiger partial charge on any atom is -0.481 e. The van der Waals surface area contributed by atoms with Crippen LogP contribution >= 0.6 is 0 Å². The van der Waals surface area contributed by atoms with Crippen molar-refractivity contribution >= 4 is 11.9 Å². The highest BCUT2D eigenvalue weighted by atomic mass is 16.4. The second-order valence-electron chi connectivity index (χ2n) is 4.01. The van der Waals surface area contributed by atoms with Gasteiger partial charge in [0, 0.05) is 32.7 Å². The van der Waals surface area contributed by atoms with Crippen molar-refractivity contribution in [1.29, 1.82) is 0 Å². The number of likely N-dealkylation sites (N-methyl/N-ethyl adjacent to an activating group) is 1. The van der Waals surface area contributed by atoms with E-state index < -0.39 is 5.97 Å². The molecule has 1 saturated heterocycles. The molecule has 0 radical (unpaired) electrons.